The maximum absolute atomic E-state index is 14.0. The molecular formula is C26H31N5O2S. The molecule has 2 aliphatic heterocycles. The Morgan fingerprint density at radius 1 is 1.06 bits per heavy atom. The maximum atomic E-state index is 14.0. The van der Waals surface area contributed by atoms with Crippen LogP contribution in [0.1, 0.15) is 51.6 Å². The van der Waals surface area contributed by atoms with E-state index in [-0.39, 0.29) is 29.3 Å². The molecule has 4 atom stereocenters. The second-order valence-electron chi connectivity index (χ2n) is 9.03. The van der Waals surface area contributed by atoms with Gasteiger partial charge < -0.3 is 15.1 Å². The highest BCUT2D eigenvalue weighted by Gasteiger charge is 2.42. The van der Waals surface area contributed by atoms with Gasteiger partial charge in [-0.05, 0) is 57.7 Å². The quantitative estimate of drug-likeness (QED) is 0.564. The maximum Gasteiger partial charge on any atom is 0.239 e. The van der Waals surface area contributed by atoms with Gasteiger partial charge >= 0.3 is 0 Å². The number of ether oxygens (including phenoxy) is 1. The van der Waals surface area contributed by atoms with Crippen LogP contribution in [0.25, 0.3) is 11.4 Å². The molecule has 34 heavy (non-hydrogen) atoms. The lowest BCUT2D eigenvalue weighted by Gasteiger charge is -2.43. The molecule has 0 aliphatic carbocycles. The van der Waals surface area contributed by atoms with E-state index in [1.807, 2.05) is 66.2 Å². The molecule has 0 saturated carbocycles. The molecule has 3 aromatic rings. The fraction of sp³-hybridized carbons (Fsp3) is 0.423. The van der Waals surface area contributed by atoms with Crippen molar-refractivity contribution in [3.63, 3.8) is 0 Å². The average molecular weight is 478 g/mol. The lowest BCUT2D eigenvalue weighted by molar-refractivity contribution is -0.137. The van der Waals surface area contributed by atoms with Crippen LogP contribution in [0.2, 0.25) is 0 Å². The second kappa shape index (κ2) is 9.70. The molecule has 2 aliphatic rings. The molecule has 1 saturated heterocycles. The summed E-state index contributed by atoms with van der Waals surface area (Å²) in [5.74, 6) is 1.72. The summed E-state index contributed by atoms with van der Waals surface area (Å²) in [7, 11) is 0. The van der Waals surface area contributed by atoms with Crippen molar-refractivity contribution in [3.05, 3.63) is 60.2 Å². The van der Waals surface area contributed by atoms with E-state index < -0.39 is 0 Å². The predicted molar refractivity (Wildman–Crippen MR) is 134 cm³/mol. The normalized spacial score (nSPS) is 24.3. The molecule has 0 radical (unpaired) electrons. The third-order valence-corrected chi connectivity index (χ3v) is 7.91. The molecule has 178 valence electrons. The summed E-state index contributed by atoms with van der Waals surface area (Å²) in [4.78, 5) is 16.1. The lowest BCUT2D eigenvalue weighted by Crippen LogP contribution is -2.53. The smallest absolute Gasteiger partial charge is 0.239 e. The Bertz CT molecular complexity index is 1120. The van der Waals surface area contributed by atoms with E-state index in [0.29, 0.717) is 11.8 Å². The minimum atomic E-state index is -0.346. The standard InChI is InChI=1S/C26H31N5O2S/c1-4-33-21-15-13-19(14-16-21)22-23(25(32)30-17(2)9-8-10-18(30)3)34-26-28-27-24(31(26)29-22)20-11-6-5-7-12-20/h5-7,11-18,22-23,29H,4,8-10H2,1-3H3/t17-,18+,22-,23-/m0/s1. The topological polar surface area (TPSA) is 72.3 Å². The van der Waals surface area contributed by atoms with E-state index in [4.69, 9.17) is 4.74 Å². The number of thioether (sulfide) groups is 1. The summed E-state index contributed by atoms with van der Waals surface area (Å²) in [6.07, 6.45) is 3.26. The Kier molecular flexibility index (Phi) is 6.50. The average Bonchev–Trinajstić information content (AvgIpc) is 3.27. The summed E-state index contributed by atoms with van der Waals surface area (Å²) in [6, 6.07) is 18.3. The highest BCUT2D eigenvalue weighted by Crippen LogP contribution is 2.41. The summed E-state index contributed by atoms with van der Waals surface area (Å²) < 4.78 is 7.57. The van der Waals surface area contributed by atoms with Gasteiger partial charge in [-0.15, -0.1) is 10.2 Å². The van der Waals surface area contributed by atoms with Gasteiger partial charge in [0.05, 0.1) is 12.6 Å². The zero-order valence-electron chi connectivity index (χ0n) is 19.8. The van der Waals surface area contributed by atoms with Gasteiger partial charge in [0.2, 0.25) is 11.1 Å². The fourth-order valence-electron chi connectivity index (χ4n) is 5.01. The van der Waals surface area contributed by atoms with Crippen LogP contribution in [0.3, 0.4) is 0 Å². The third-order valence-electron chi connectivity index (χ3n) is 6.71. The van der Waals surface area contributed by atoms with E-state index >= 15 is 0 Å². The number of hydrogen-bond acceptors (Lipinski definition) is 6. The highest BCUT2D eigenvalue weighted by atomic mass is 32.2. The van der Waals surface area contributed by atoms with Gasteiger partial charge in [-0.2, -0.15) is 0 Å². The molecule has 0 unspecified atom stereocenters. The van der Waals surface area contributed by atoms with E-state index in [1.165, 1.54) is 18.2 Å². The molecule has 5 rings (SSSR count). The number of nitrogens with zero attached hydrogens (tertiary/aromatic N) is 4. The summed E-state index contributed by atoms with van der Waals surface area (Å²) in [5, 5.41) is 9.25. The number of benzene rings is 2. The molecule has 2 aromatic carbocycles. The van der Waals surface area contributed by atoms with Crippen molar-refractivity contribution in [3.8, 4) is 17.1 Å². The van der Waals surface area contributed by atoms with Crippen LogP contribution < -0.4 is 10.2 Å². The van der Waals surface area contributed by atoms with Crippen molar-refractivity contribution in [1.82, 2.24) is 19.8 Å². The number of amides is 1. The second-order valence-corrected chi connectivity index (χ2v) is 10.1. The molecule has 0 bridgehead atoms. The SMILES string of the molecule is CCOc1ccc([C@@H]2Nn3c(nnc3-c3ccccc3)S[C@@H]2C(=O)N2[C@H](C)CCC[C@@H]2C)cc1. The number of rotatable bonds is 5. The lowest BCUT2D eigenvalue weighted by atomic mass is 9.95. The van der Waals surface area contributed by atoms with E-state index in [9.17, 15) is 4.79 Å². The molecule has 1 amide bonds. The highest BCUT2D eigenvalue weighted by molar-refractivity contribution is 8.00. The van der Waals surface area contributed by atoms with Gasteiger partial charge in [0.15, 0.2) is 5.82 Å². The van der Waals surface area contributed by atoms with Crippen molar-refractivity contribution < 1.29 is 9.53 Å². The Hall–Kier alpha value is -3.00. The monoisotopic (exact) mass is 477 g/mol. The number of aromatic nitrogens is 3. The van der Waals surface area contributed by atoms with Crippen LogP contribution >= 0.6 is 11.8 Å². The molecule has 1 N–H and O–H groups in total. The zero-order valence-corrected chi connectivity index (χ0v) is 20.7. The minimum Gasteiger partial charge on any atom is -0.494 e. The van der Waals surface area contributed by atoms with Crippen molar-refractivity contribution in [2.45, 2.75) is 68.6 Å². The van der Waals surface area contributed by atoms with Crippen LogP contribution in [0, 0.1) is 0 Å². The summed E-state index contributed by atoms with van der Waals surface area (Å²) in [6.45, 7) is 6.92. The number of likely N-dealkylation sites (tertiary alicyclic amines) is 1. The van der Waals surface area contributed by atoms with E-state index in [1.54, 1.807) is 0 Å². The number of fused-ring (bicyclic) bond motifs is 1. The van der Waals surface area contributed by atoms with E-state index in [2.05, 4.69) is 34.4 Å². The Labute approximate surface area is 204 Å². The first-order valence-electron chi connectivity index (χ1n) is 12.1. The zero-order chi connectivity index (χ0) is 23.7. The van der Waals surface area contributed by atoms with Gasteiger partial charge in [-0.3, -0.25) is 4.79 Å². The van der Waals surface area contributed by atoms with Crippen LogP contribution in [0.15, 0.2) is 59.8 Å². The van der Waals surface area contributed by atoms with Crippen molar-refractivity contribution >= 4 is 17.7 Å². The predicted octanol–water partition coefficient (Wildman–Crippen LogP) is 4.89. The van der Waals surface area contributed by atoms with Gasteiger partial charge in [-0.25, -0.2) is 4.68 Å². The number of carbonyl (C=O) groups is 1. The Balaban J connectivity index is 1.53. The van der Waals surface area contributed by atoms with E-state index in [0.717, 1.165) is 35.5 Å². The Morgan fingerprint density at radius 3 is 2.44 bits per heavy atom. The molecule has 8 heteroatoms. The number of piperidine rings is 1. The van der Waals surface area contributed by atoms with Gasteiger partial charge in [0, 0.05) is 17.6 Å². The van der Waals surface area contributed by atoms with Gasteiger partial charge in [0.25, 0.3) is 0 Å². The first kappa shape index (κ1) is 22.8. The van der Waals surface area contributed by atoms with Gasteiger partial charge in [0.1, 0.15) is 11.0 Å². The molecule has 3 heterocycles. The molecular weight excluding hydrogens is 446 g/mol. The van der Waals surface area contributed by atoms with Crippen LogP contribution in [0.4, 0.5) is 0 Å². The molecule has 7 nitrogen and oxygen atoms in total. The summed E-state index contributed by atoms with van der Waals surface area (Å²) >= 11 is 1.50. The molecule has 1 aromatic heterocycles. The van der Waals surface area contributed by atoms with Crippen LogP contribution in [0.5, 0.6) is 5.75 Å². The molecule has 0 spiro atoms. The fourth-order valence-corrected chi connectivity index (χ4v) is 6.14. The van der Waals surface area contributed by atoms with Crippen LogP contribution in [-0.2, 0) is 4.79 Å². The van der Waals surface area contributed by atoms with Gasteiger partial charge in [-0.1, -0.05) is 54.2 Å². The summed E-state index contributed by atoms with van der Waals surface area (Å²) in [5.41, 5.74) is 5.60. The van der Waals surface area contributed by atoms with Crippen molar-refractivity contribution in [2.75, 3.05) is 12.0 Å². The first-order valence-corrected chi connectivity index (χ1v) is 12.9. The Morgan fingerprint density at radius 2 is 1.76 bits per heavy atom. The first-order chi connectivity index (χ1) is 16.6. The largest absolute Gasteiger partial charge is 0.494 e. The minimum absolute atomic E-state index is 0.159. The van der Waals surface area contributed by atoms with Crippen molar-refractivity contribution in [2.24, 2.45) is 0 Å². The number of carbonyl (C=O) groups excluding carboxylic acids is 1. The van der Waals surface area contributed by atoms with Crippen LogP contribution in [-0.4, -0.2) is 49.6 Å². The third kappa shape index (κ3) is 4.27. The van der Waals surface area contributed by atoms with Crippen molar-refractivity contribution in [1.29, 1.82) is 0 Å². The number of hydrogen-bond donors (Lipinski definition) is 1. The number of nitrogens with one attached hydrogen (secondary N) is 1. The molecule has 1 fully saturated rings.